The molecule has 0 bridgehead atoms. The number of hydrogen-bond acceptors (Lipinski definition) is 10. The van der Waals surface area contributed by atoms with Crippen LogP contribution in [0.5, 0.6) is 5.88 Å². The predicted molar refractivity (Wildman–Crippen MR) is 118 cm³/mol. The summed E-state index contributed by atoms with van der Waals surface area (Å²) in [6, 6.07) is 8.88. The van der Waals surface area contributed by atoms with Gasteiger partial charge in [-0.15, -0.1) is 11.8 Å². The quantitative estimate of drug-likeness (QED) is 0.237. The lowest BCUT2D eigenvalue weighted by atomic mass is 9.87. The Morgan fingerprint density at radius 1 is 1.24 bits per heavy atom. The SMILES string of the molecule is COc1ccc(C(OC(C)=O)C2C(=O)N3C(C(=O)OCc4ccc([N+](=O)[O-])cc4)=CSC23)cn1. The molecule has 176 valence electrons. The summed E-state index contributed by atoms with van der Waals surface area (Å²) >= 11 is 1.26. The largest absolute Gasteiger partial charge is 0.481 e. The van der Waals surface area contributed by atoms with E-state index in [1.54, 1.807) is 12.1 Å². The number of carbonyl (C=O) groups excluding carboxylic acids is 3. The van der Waals surface area contributed by atoms with Crippen LogP contribution in [0, 0.1) is 16.0 Å². The van der Waals surface area contributed by atoms with Gasteiger partial charge in [0.15, 0.2) is 0 Å². The minimum Gasteiger partial charge on any atom is -0.481 e. The zero-order chi connectivity index (χ0) is 24.4. The molecule has 0 aliphatic carbocycles. The van der Waals surface area contributed by atoms with Gasteiger partial charge in [-0.3, -0.25) is 24.6 Å². The summed E-state index contributed by atoms with van der Waals surface area (Å²) in [7, 11) is 1.47. The number of nitro benzene ring substituents is 1. The van der Waals surface area contributed by atoms with Crippen molar-refractivity contribution in [3.63, 3.8) is 0 Å². The molecule has 34 heavy (non-hydrogen) atoms. The number of carbonyl (C=O) groups is 3. The molecule has 2 aliphatic heterocycles. The molecule has 3 unspecified atom stereocenters. The summed E-state index contributed by atoms with van der Waals surface area (Å²) in [5.74, 6) is -1.96. The molecule has 0 N–H and O–H groups in total. The molecule has 2 aliphatic rings. The number of fused-ring (bicyclic) bond motifs is 1. The molecule has 1 aromatic carbocycles. The van der Waals surface area contributed by atoms with Crippen LogP contribution >= 0.6 is 11.8 Å². The van der Waals surface area contributed by atoms with Gasteiger partial charge in [-0.1, -0.05) is 0 Å². The molecule has 0 spiro atoms. The Bertz CT molecular complexity index is 1170. The number of methoxy groups -OCH3 is 1. The summed E-state index contributed by atoms with van der Waals surface area (Å²) in [4.78, 5) is 53.0. The lowest BCUT2D eigenvalue weighted by molar-refractivity contribution is -0.384. The number of esters is 2. The number of rotatable bonds is 8. The number of aromatic nitrogens is 1. The highest BCUT2D eigenvalue weighted by Crippen LogP contribution is 2.50. The highest BCUT2D eigenvalue weighted by atomic mass is 32.2. The second kappa shape index (κ2) is 9.51. The van der Waals surface area contributed by atoms with E-state index in [0.717, 1.165) is 0 Å². The number of amides is 1. The molecular formula is C22H19N3O8S. The number of nitrogens with zero attached hydrogens (tertiary/aromatic N) is 3. The predicted octanol–water partition coefficient (Wildman–Crippen LogP) is 2.72. The van der Waals surface area contributed by atoms with Gasteiger partial charge >= 0.3 is 11.9 Å². The third kappa shape index (κ3) is 4.44. The number of β-lactam (4-membered cyclic amide) rings is 1. The summed E-state index contributed by atoms with van der Waals surface area (Å²) in [6.07, 6.45) is 0.607. The first-order chi connectivity index (χ1) is 16.3. The van der Waals surface area contributed by atoms with E-state index in [4.69, 9.17) is 14.2 Å². The topological polar surface area (TPSA) is 138 Å². The Morgan fingerprint density at radius 2 is 1.97 bits per heavy atom. The molecular weight excluding hydrogens is 466 g/mol. The first-order valence-electron chi connectivity index (χ1n) is 10.1. The second-order valence-corrected chi connectivity index (χ2v) is 8.42. The maximum Gasteiger partial charge on any atom is 0.355 e. The van der Waals surface area contributed by atoms with Crippen LogP contribution in [0.25, 0.3) is 0 Å². The van der Waals surface area contributed by atoms with Gasteiger partial charge in [0, 0.05) is 42.3 Å². The molecule has 0 saturated carbocycles. The molecule has 3 atom stereocenters. The minimum atomic E-state index is -0.874. The minimum absolute atomic E-state index is 0.0700. The van der Waals surface area contributed by atoms with E-state index >= 15 is 0 Å². The van der Waals surface area contributed by atoms with E-state index in [9.17, 15) is 24.5 Å². The Labute approximate surface area is 197 Å². The van der Waals surface area contributed by atoms with Crippen molar-refractivity contribution in [2.75, 3.05) is 7.11 Å². The van der Waals surface area contributed by atoms with E-state index in [-0.39, 0.29) is 23.9 Å². The third-order valence-electron chi connectivity index (χ3n) is 5.31. The van der Waals surface area contributed by atoms with Gasteiger partial charge < -0.3 is 14.2 Å². The zero-order valence-corrected chi connectivity index (χ0v) is 18.9. The van der Waals surface area contributed by atoms with E-state index in [2.05, 4.69) is 4.98 Å². The van der Waals surface area contributed by atoms with E-state index in [1.165, 1.54) is 66.6 Å². The van der Waals surface area contributed by atoms with Crippen LogP contribution in [0.2, 0.25) is 0 Å². The fraction of sp³-hybridized carbons (Fsp3) is 0.273. The second-order valence-electron chi connectivity index (χ2n) is 7.43. The van der Waals surface area contributed by atoms with Gasteiger partial charge in [-0.2, -0.15) is 0 Å². The molecule has 4 rings (SSSR count). The van der Waals surface area contributed by atoms with Crippen molar-refractivity contribution in [3.05, 3.63) is 74.9 Å². The number of benzene rings is 1. The number of hydrogen-bond donors (Lipinski definition) is 0. The lowest BCUT2D eigenvalue weighted by Gasteiger charge is -2.45. The number of non-ortho nitro benzene ring substituents is 1. The van der Waals surface area contributed by atoms with Gasteiger partial charge in [0.05, 0.1) is 12.0 Å². The fourth-order valence-corrected chi connectivity index (χ4v) is 4.89. The molecule has 1 aromatic heterocycles. The van der Waals surface area contributed by atoms with Crippen molar-refractivity contribution in [1.82, 2.24) is 9.88 Å². The smallest absolute Gasteiger partial charge is 0.355 e. The number of ether oxygens (including phenoxy) is 3. The average molecular weight is 485 g/mol. The Morgan fingerprint density at radius 3 is 2.56 bits per heavy atom. The third-order valence-corrected chi connectivity index (χ3v) is 6.45. The molecule has 1 amide bonds. The average Bonchev–Trinajstić information content (AvgIpc) is 3.22. The summed E-state index contributed by atoms with van der Waals surface area (Å²) in [5.41, 5.74) is 1.12. The van der Waals surface area contributed by atoms with Crippen molar-refractivity contribution < 1.29 is 33.5 Å². The number of pyridine rings is 1. The van der Waals surface area contributed by atoms with Gasteiger partial charge in [-0.05, 0) is 23.8 Å². The van der Waals surface area contributed by atoms with Crippen LogP contribution in [-0.2, 0) is 30.5 Å². The molecule has 2 aromatic rings. The summed E-state index contributed by atoms with van der Waals surface area (Å²) in [6.45, 7) is 1.15. The Balaban J connectivity index is 1.43. The van der Waals surface area contributed by atoms with Crippen LogP contribution in [0.3, 0.4) is 0 Å². The van der Waals surface area contributed by atoms with Crippen molar-refractivity contribution in [2.45, 2.75) is 25.0 Å². The van der Waals surface area contributed by atoms with Crippen LogP contribution < -0.4 is 4.74 Å². The van der Waals surface area contributed by atoms with Crippen LogP contribution in [0.15, 0.2) is 53.7 Å². The van der Waals surface area contributed by atoms with Gasteiger partial charge in [-0.25, -0.2) is 9.78 Å². The number of thioether (sulfide) groups is 1. The fourth-order valence-electron chi connectivity index (χ4n) is 3.65. The van der Waals surface area contributed by atoms with E-state index < -0.39 is 34.3 Å². The zero-order valence-electron chi connectivity index (χ0n) is 18.1. The van der Waals surface area contributed by atoms with Crippen molar-refractivity contribution in [2.24, 2.45) is 5.92 Å². The first-order valence-corrected chi connectivity index (χ1v) is 11.0. The van der Waals surface area contributed by atoms with E-state index in [1.807, 2.05) is 0 Å². The monoisotopic (exact) mass is 485 g/mol. The van der Waals surface area contributed by atoms with Crippen LogP contribution in [0.4, 0.5) is 5.69 Å². The molecule has 1 fully saturated rings. The van der Waals surface area contributed by atoms with Gasteiger partial charge in [0.1, 0.15) is 29.7 Å². The van der Waals surface area contributed by atoms with Crippen LogP contribution in [0.1, 0.15) is 24.2 Å². The van der Waals surface area contributed by atoms with Crippen molar-refractivity contribution in [3.8, 4) is 5.88 Å². The molecule has 1 saturated heterocycles. The highest BCUT2D eigenvalue weighted by molar-refractivity contribution is 8.03. The Kier molecular flexibility index (Phi) is 6.50. The normalized spacial score (nSPS) is 19.4. The highest BCUT2D eigenvalue weighted by Gasteiger charge is 2.58. The maximum atomic E-state index is 13.0. The van der Waals surface area contributed by atoms with E-state index in [0.29, 0.717) is 17.0 Å². The van der Waals surface area contributed by atoms with Crippen molar-refractivity contribution in [1.29, 1.82) is 0 Å². The lowest BCUT2D eigenvalue weighted by Crippen LogP contribution is -2.59. The van der Waals surface area contributed by atoms with Crippen LogP contribution in [-0.4, -0.2) is 45.1 Å². The number of nitro groups is 1. The van der Waals surface area contributed by atoms with Gasteiger partial charge in [0.2, 0.25) is 11.8 Å². The van der Waals surface area contributed by atoms with Gasteiger partial charge in [0.25, 0.3) is 5.69 Å². The maximum absolute atomic E-state index is 13.0. The molecule has 0 radical (unpaired) electrons. The summed E-state index contributed by atoms with van der Waals surface area (Å²) in [5, 5.41) is 11.8. The molecule has 12 heteroatoms. The Hall–Kier alpha value is -3.93. The first kappa shape index (κ1) is 23.2. The molecule has 11 nitrogen and oxygen atoms in total. The molecule has 3 heterocycles. The summed E-state index contributed by atoms with van der Waals surface area (Å²) < 4.78 is 15.8. The van der Waals surface area contributed by atoms with Crippen molar-refractivity contribution >= 4 is 35.3 Å². The standard InChI is InChI=1S/C22H19N3O8S/c1-12(26)33-19(14-5-8-17(31-2)23-9-14)18-20(27)24-16(11-34-21(18)24)22(28)32-10-13-3-6-15(7-4-13)25(29)30/h3-9,11,18-19,21H,10H2,1-2H3.